The van der Waals surface area contributed by atoms with E-state index in [1.165, 1.54) is 0 Å². The Bertz CT molecular complexity index is 356. The molecule has 1 rings (SSSR count). The normalized spacial score (nSPS) is 17.4. The van der Waals surface area contributed by atoms with Gasteiger partial charge in [-0.1, -0.05) is 13.8 Å². The van der Waals surface area contributed by atoms with Crippen LogP contribution >= 0.6 is 0 Å². The van der Waals surface area contributed by atoms with Crippen LogP contribution in [0.4, 0.5) is 4.79 Å². The molecule has 1 aliphatic rings. The molecule has 2 amide bonds. The van der Waals surface area contributed by atoms with Gasteiger partial charge in [-0.3, -0.25) is 4.79 Å². The Morgan fingerprint density at radius 2 is 1.95 bits per heavy atom. The molecule has 0 heterocycles. The van der Waals surface area contributed by atoms with Crippen molar-refractivity contribution >= 4 is 12.0 Å². The van der Waals surface area contributed by atoms with E-state index in [4.69, 9.17) is 9.84 Å². The molecule has 0 aliphatic heterocycles. The molecule has 6 heteroatoms. The molecular formula is C15H28N2O4. The lowest BCUT2D eigenvalue weighted by Gasteiger charge is -2.30. The molecule has 1 saturated carbocycles. The number of hydrogen-bond donors (Lipinski definition) is 2. The van der Waals surface area contributed by atoms with E-state index in [2.05, 4.69) is 5.32 Å². The van der Waals surface area contributed by atoms with Crippen molar-refractivity contribution in [1.29, 1.82) is 0 Å². The van der Waals surface area contributed by atoms with Gasteiger partial charge in [0.1, 0.15) is 0 Å². The third-order valence-corrected chi connectivity index (χ3v) is 4.19. The number of rotatable bonds is 9. The van der Waals surface area contributed by atoms with Crippen LogP contribution in [0.1, 0.15) is 33.6 Å². The Balaban J connectivity index is 2.56. The summed E-state index contributed by atoms with van der Waals surface area (Å²) in [6, 6.07) is -0.0270. The molecule has 1 fully saturated rings. The van der Waals surface area contributed by atoms with Gasteiger partial charge in [0, 0.05) is 26.2 Å². The predicted octanol–water partition coefficient (Wildman–Crippen LogP) is 1.80. The van der Waals surface area contributed by atoms with Gasteiger partial charge >= 0.3 is 12.0 Å². The number of carboxylic acid groups (broad SMARTS) is 1. The second kappa shape index (κ2) is 8.22. The van der Waals surface area contributed by atoms with Gasteiger partial charge in [-0.2, -0.15) is 0 Å². The van der Waals surface area contributed by atoms with Crippen molar-refractivity contribution < 1.29 is 19.4 Å². The van der Waals surface area contributed by atoms with Gasteiger partial charge in [-0.25, -0.2) is 4.79 Å². The van der Waals surface area contributed by atoms with Gasteiger partial charge in [0.25, 0.3) is 0 Å². The van der Waals surface area contributed by atoms with Crippen LogP contribution in [0.15, 0.2) is 0 Å². The smallest absolute Gasteiger partial charge is 0.317 e. The minimum absolute atomic E-state index is 0.0175. The number of urea groups is 1. The molecule has 0 radical (unpaired) electrons. The zero-order valence-corrected chi connectivity index (χ0v) is 13.5. The van der Waals surface area contributed by atoms with Gasteiger partial charge in [0.05, 0.1) is 12.5 Å². The van der Waals surface area contributed by atoms with Crippen LogP contribution in [0.2, 0.25) is 0 Å². The van der Waals surface area contributed by atoms with E-state index in [1.807, 2.05) is 20.8 Å². The molecular weight excluding hydrogens is 272 g/mol. The quantitative estimate of drug-likeness (QED) is 0.680. The molecule has 1 aliphatic carbocycles. The summed E-state index contributed by atoms with van der Waals surface area (Å²) < 4.78 is 5.06. The topological polar surface area (TPSA) is 78.9 Å². The second-order valence-corrected chi connectivity index (χ2v) is 6.14. The maximum Gasteiger partial charge on any atom is 0.317 e. The van der Waals surface area contributed by atoms with Crippen molar-refractivity contribution in [2.45, 2.75) is 39.7 Å². The average Bonchev–Trinajstić information content (AvgIpc) is 3.22. The number of hydrogen-bond acceptors (Lipinski definition) is 3. The van der Waals surface area contributed by atoms with Crippen LogP contribution in [-0.4, -0.2) is 54.9 Å². The van der Waals surface area contributed by atoms with E-state index in [1.54, 1.807) is 12.0 Å². The summed E-state index contributed by atoms with van der Waals surface area (Å²) in [4.78, 5) is 25.3. The minimum atomic E-state index is -0.871. The van der Waals surface area contributed by atoms with Crippen molar-refractivity contribution in [3.8, 4) is 0 Å². The molecule has 2 N–H and O–H groups in total. The number of carboxylic acids is 1. The maximum absolute atomic E-state index is 12.3. The fourth-order valence-electron chi connectivity index (χ4n) is 2.42. The summed E-state index contributed by atoms with van der Waals surface area (Å²) in [5, 5.41) is 11.9. The number of methoxy groups -OCH3 is 1. The molecule has 0 bridgehead atoms. The largest absolute Gasteiger partial charge is 0.481 e. The molecule has 0 aromatic carbocycles. The highest BCUT2D eigenvalue weighted by atomic mass is 16.5. The fourth-order valence-corrected chi connectivity index (χ4v) is 2.42. The summed E-state index contributed by atoms with van der Waals surface area (Å²) in [6.07, 6.45) is 2.31. The highest BCUT2D eigenvalue weighted by Gasteiger charge is 2.34. The van der Waals surface area contributed by atoms with Crippen LogP contribution in [0.5, 0.6) is 0 Å². The van der Waals surface area contributed by atoms with Gasteiger partial charge in [-0.15, -0.1) is 0 Å². The molecule has 21 heavy (non-hydrogen) atoms. The Morgan fingerprint density at radius 3 is 2.38 bits per heavy atom. The van der Waals surface area contributed by atoms with Crippen molar-refractivity contribution in [2.75, 3.05) is 26.8 Å². The first-order chi connectivity index (χ1) is 9.88. The van der Waals surface area contributed by atoms with Gasteiger partial charge in [0.15, 0.2) is 0 Å². The molecule has 0 spiro atoms. The Kier molecular flexibility index (Phi) is 6.95. The number of carbonyl (C=O) groups is 2. The van der Waals surface area contributed by atoms with E-state index in [0.717, 1.165) is 12.8 Å². The lowest BCUT2D eigenvalue weighted by molar-refractivity contribution is -0.142. The van der Waals surface area contributed by atoms with Crippen molar-refractivity contribution in [2.24, 2.45) is 17.8 Å². The maximum atomic E-state index is 12.3. The summed E-state index contributed by atoms with van der Waals surface area (Å²) in [7, 11) is 1.61. The van der Waals surface area contributed by atoms with Crippen molar-refractivity contribution in [3.63, 3.8) is 0 Å². The van der Waals surface area contributed by atoms with E-state index >= 15 is 0 Å². The molecule has 6 nitrogen and oxygen atoms in total. The third kappa shape index (κ3) is 5.53. The minimum Gasteiger partial charge on any atom is -0.481 e. The van der Waals surface area contributed by atoms with Crippen molar-refractivity contribution in [3.05, 3.63) is 0 Å². The Labute approximate surface area is 126 Å². The molecule has 0 aromatic heterocycles. The number of aliphatic carboxylic acids is 1. The van der Waals surface area contributed by atoms with Crippen LogP contribution in [0.25, 0.3) is 0 Å². The van der Waals surface area contributed by atoms with E-state index < -0.39 is 11.9 Å². The second-order valence-electron chi connectivity index (χ2n) is 6.14. The standard InChI is InChI=1S/C15H28N2O4/c1-10(2)13(14(18)19)9-16-15(20)17(7-8-21-4)11(3)12-5-6-12/h10-13H,5-9H2,1-4H3,(H,16,20)(H,18,19). The zero-order chi connectivity index (χ0) is 16.0. The summed E-state index contributed by atoms with van der Waals surface area (Å²) in [5.74, 6) is -0.887. The molecule has 122 valence electrons. The van der Waals surface area contributed by atoms with E-state index in [-0.39, 0.29) is 24.5 Å². The molecule has 2 atom stereocenters. The first-order valence-corrected chi connectivity index (χ1v) is 7.64. The van der Waals surface area contributed by atoms with Gasteiger partial charge < -0.3 is 20.1 Å². The Morgan fingerprint density at radius 1 is 1.33 bits per heavy atom. The van der Waals surface area contributed by atoms with Crippen LogP contribution < -0.4 is 5.32 Å². The first kappa shape index (κ1) is 17.8. The van der Waals surface area contributed by atoms with Crippen LogP contribution in [0, 0.1) is 17.8 Å². The number of amides is 2. The van der Waals surface area contributed by atoms with Crippen LogP contribution in [-0.2, 0) is 9.53 Å². The van der Waals surface area contributed by atoms with E-state index in [9.17, 15) is 9.59 Å². The van der Waals surface area contributed by atoms with E-state index in [0.29, 0.717) is 19.1 Å². The lowest BCUT2D eigenvalue weighted by atomic mass is 9.96. The summed E-state index contributed by atoms with van der Waals surface area (Å²) in [6.45, 7) is 6.91. The summed E-state index contributed by atoms with van der Waals surface area (Å²) in [5.41, 5.74) is 0. The highest BCUT2D eigenvalue weighted by Crippen LogP contribution is 2.35. The highest BCUT2D eigenvalue weighted by molar-refractivity contribution is 5.76. The zero-order valence-electron chi connectivity index (χ0n) is 13.5. The monoisotopic (exact) mass is 300 g/mol. The lowest BCUT2D eigenvalue weighted by Crippen LogP contribution is -2.49. The third-order valence-electron chi connectivity index (χ3n) is 4.19. The van der Waals surface area contributed by atoms with Gasteiger partial charge in [-0.05, 0) is 31.6 Å². The van der Waals surface area contributed by atoms with Gasteiger partial charge in [0.2, 0.25) is 0 Å². The number of ether oxygens (including phenoxy) is 1. The fraction of sp³-hybridized carbons (Fsp3) is 0.867. The molecule has 0 aromatic rings. The number of carbonyl (C=O) groups excluding carboxylic acids is 1. The Hall–Kier alpha value is -1.30. The predicted molar refractivity (Wildman–Crippen MR) is 80.1 cm³/mol. The number of nitrogens with zero attached hydrogens (tertiary/aromatic N) is 1. The summed E-state index contributed by atoms with van der Waals surface area (Å²) >= 11 is 0. The first-order valence-electron chi connectivity index (χ1n) is 7.64. The average molecular weight is 300 g/mol. The number of nitrogens with one attached hydrogen (secondary N) is 1. The molecule has 0 saturated heterocycles. The SMILES string of the molecule is COCCN(C(=O)NCC(C(=O)O)C(C)C)C(C)C1CC1. The molecule has 2 unspecified atom stereocenters. The van der Waals surface area contributed by atoms with Crippen LogP contribution in [0.3, 0.4) is 0 Å². The van der Waals surface area contributed by atoms with Crippen molar-refractivity contribution in [1.82, 2.24) is 10.2 Å².